The van der Waals surface area contributed by atoms with Crippen molar-refractivity contribution in [2.75, 3.05) is 30.9 Å². The Balaban J connectivity index is 2.15. The zero-order valence-electron chi connectivity index (χ0n) is 14.0. The number of aliphatic hydroxyl groups is 1. The monoisotopic (exact) mass is 353 g/mol. The van der Waals surface area contributed by atoms with Gasteiger partial charge < -0.3 is 14.7 Å². The lowest BCUT2D eigenvalue weighted by atomic mass is 9.98. The number of ether oxygens (including phenoxy) is 1. The number of thioether (sulfide) groups is 1. The quantitative estimate of drug-likeness (QED) is 0.658. The fourth-order valence-corrected chi connectivity index (χ4v) is 4.81. The van der Waals surface area contributed by atoms with Gasteiger partial charge in [0.25, 0.3) is 0 Å². The van der Waals surface area contributed by atoms with Crippen molar-refractivity contribution in [3.05, 3.63) is 10.4 Å². The first-order chi connectivity index (χ1) is 10.9. The molecule has 0 amide bonds. The zero-order chi connectivity index (χ0) is 16.6. The Bertz CT molecular complexity index is 715. The summed E-state index contributed by atoms with van der Waals surface area (Å²) in [7, 11) is 1.97. The van der Waals surface area contributed by atoms with Gasteiger partial charge in [-0.05, 0) is 19.6 Å². The first kappa shape index (κ1) is 17.0. The Hall–Kier alpha value is -0.890. The molecule has 126 valence electrons. The number of rotatable bonds is 5. The van der Waals surface area contributed by atoms with E-state index < -0.39 is 0 Å². The third-order valence-corrected chi connectivity index (χ3v) is 5.89. The predicted molar refractivity (Wildman–Crippen MR) is 96.7 cm³/mol. The van der Waals surface area contributed by atoms with Gasteiger partial charge in [-0.2, -0.15) is 0 Å². The van der Waals surface area contributed by atoms with Gasteiger partial charge in [0.2, 0.25) is 0 Å². The van der Waals surface area contributed by atoms with Gasteiger partial charge in [0, 0.05) is 30.5 Å². The van der Waals surface area contributed by atoms with Crippen LogP contribution in [0.4, 0.5) is 5.82 Å². The highest BCUT2D eigenvalue weighted by Crippen LogP contribution is 2.41. The molecule has 0 aromatic carbocycles. The van der Waals surface area contributed by atoms with E-state index in [2.05, 4.69) is 20.8 Å². The molecule has 3 heterocycles. The molecular formula is C16H23N3O2S2. The van der Waals surface area contributed by atoms with E-state index in [4.69, 9.17) is 14.7 Å². The standard InChI is InChI=1S/C16H23N3O2S2/c1-5-22-15-17-12-10-9-21-16(2,3)8-11(10)23-13(12)14(18-15)19(4)6-7-20/h20H,5-9H2,1-4H3. The second-order valence-corrected chi connectivity index (χ2v) is 8.65. The summed E-state index contributed by atoms with van der Waals surface area (Å²) in [6, 6.07) is 0. The van der Waals surface area contributed by atoms with Crippen molar-refractivity contribution in [3.8, 4) is 0 Å². The van der Waals surface area contributed by atoms with Crippen molar-refractivity contribution in [3.63, 3.8) is 0 Å². The number of hydrogen-bond acceptors (Lipinski definition) is 7. The number of nitrogens with zero attached hydrogens (tertiary/aromatic N) is 3. The molecule has 2 aromatic heterocycles. The third-order valence-electron chi connectivity index (χ3n) is 3.94. The second kappa shape index (κ2) is 6.55. The van der Waals surface area contributed by atoms with E-state index in [1.54, 1.807) is 23.1 Å². The molecule has 0 unspecified atom stereocenters. The number of thiophene rings is 1. The van der Waals surface area contributed by atoms with Gasteiger partial charge in [-0.15, -0.1) is 11.3 Å². The molecule has 1 N–H and O–H groups in total. The van der Waals surface area contributed by atoms with Crippen LogP contribution in [0.2, 0.25) is 0 Å². The van der Waals surface area contributed by atoms with Crippen LogP contribution in [-0.2, 0) is 17.8 Å². The van der Waals surface area contributed by atoms with E-state index >= 15 is 0 Å². The molecule has 1 aliphatic rings. The summed E-state index contributed by atoms with van der Waals surface area (Å²) in [5.74, 6) is 1.85. The molecule has 0 bridgehead atoms. The molecule has 1 aliphatic heterocycles. The Kier molecular flexibility index (Phi) is 4.83. The lowest BCUT2D eigenvalue weighted by Crippen LogP contribution is -2.30. The summed E-state index contributed by atoms with van der Waals surface area (Å²) >= 11 is 3.42. The van der Waals surface area contributed by atoms with Crippen molar-refractivity contribution < 1.29 is 9.84 Å². The molecule has 0 saturated heterocycles. The van der Waals surface area contributed by atoms with Gasteiger partial charge in [0.05, 0.1) is 29.0 Å². The minimum absolute atomic E-state index is 0.111. The van der Waals surface area contributed by atoms with E-state index in [1.165, 1.54) is 10.4 Å². The van der Waals surface area contributed by atoms with E-state index in [0.29, 0.717) is 13.2 Å². The van der Waals surface area contributed by atoms with Gasteiger partial charge in [-0.1, -0.05) is 18.7 Å². The number of aromatic nitrogens is 2. The summed E-state index contributed by atoms with van der Waals surface area (Å²) < 4.78 is 7.10. The molecule has 0 atom stereocenters. The van der Waals surface area contributed by atoms with E-state index in [-0.39, 0.29) is 12.2 Å². The van der Waals surface area contributed by atoms with Crippen LogP contribution < -0.4 is 4.90 Å². The highest BCUT2D eigenvalue weighted by molar-refractivity contribution is 7.99. The minimum Gasteiger partial charge on any atom is -0.395 e. The van der Waals surface area contributed by atoms with Crippen molar-refractivity contribution in [2.24, 2.45) is 0 Å². The lowest BCUT2D eigenvalue weighted by molar-refractivity contribution is -0.0383. The van der Waals surface area contributed by atoms with Crippen LogP contribution in [0.5, 0.6) is 0 Å². The number of anilines is 1. The molecular weight excluding hydrogens is 330 g/mol. The van der Waals surface area contributed by atoms with Crippen LogP contribution in [0.1, 0.15) is 31.2 Å². The maximum atomic E-state index is 9.27. The molecule has 3 rings (SSSR count). The molecule has 0 spiro atoms. The normalized spacial score (nSPS) is 16.6. The van der Waals surface area contributed by atoms with Gasteiger partial charge in [-0.3, -0.25) is 0 Å². The van der Waals surface area contributed by atoms with Gasteiger partial charge in [0.15, 0.2) is 11.0 Å². The Morgan fingerprint density at radius 1 is 1.39 bits per heavy atom. The highest BCUT2D eigenvalue weighted by atomic mass is 32.2. The van der Waals surface area contributed by atoms with Gasteiger partial charge in [-0.25, -0.2) is 9.97 Å². The van der Waals surface area contributed by atoms with E-state index in [1.807, 2.05) is 11.9 Å². The van der Waals surface area contributed by atoms with Crippen LogP contribution in [0.25, 0.3) is 10.2 Å². The largest absolute Gasteiger partial charge is 0.395 e. The highest BCUT2D eigenvalue weighted by Gasteiger charge is 2.31. The van der Waals surface area contributed by atoms with Crippen molar-refractivity contribution in [1.29, 1.82) is 0 Å². The number of fused-ring (bicyclic) bond motifs is 3. The molecule has 5 nitrogen and oxygen atoms in total. The van der Waals surface area contributed by atoms with Crippen molar-refractivity contribution >= 4 is 39.1 Å². The fourth-order valence-electron chi connectivity index (χ4n) is 2.74. The molecule has 0 aliphatic carbocycles. The zero-order valence-corrected chi connectivity index (χ0v) is 15.7. The SMILES string of the molecule is CCSc1nc(N(C)CCO)c2sc3c(c2n1)COC(C)(C)C3. The third kappa shape index (κ3) is 3.33. The molecule has 23 heavy (non-hydrogen) atoms. The van der Waals surface area contributed by atoms with E-state index in [0.717, 1.165) is 33.4 Å². The van der Waals surface area contributed by atoms with Crippen LogP contribution in [0.3, 0.4) is 0 Å². The fraction of sp³-hybridized carbons (Fsp3) is 0.625. The Morgan fingerprint density at radius 3 is 2.87 bits per heavy atom. The van der Waals surface area contributed by atoms with Gasteiger partial charge >= 0.3 is 0 Å². The average Bonchev–Trinajstić information content (AvgIpc) is 2.83. The number of likely N-dealkylation sites (N-methyl/N-ethyl adjacent to an activating group) is 1. The molecule has 7 heteroatoms. The number of hydrogen-bond donors (Lipinski definition) is 1. The Labute approximate surface area is 145 Å². The van der Waals surface area contributed by atoms with Crippen molar-refractivity contribution in [1.82, 2.24) is 9.97 Å². The lowest BCUT2D eigenvalue weighted by Gasteiger charge is -2.29. The molecule has 0 fully saturated rings. The van der Waals surface area contributed by atoms with Gasteiger partial charge in [0.1, 0.15) is 0 Å². The first-order valence-electron chi connectivity index (χ1n) is 7.86. The van der Waals surface area contributed by atoms with Crippen molar-refractivity contribution in [2.45, 2.75) is 44.6 Å². The summed E-state index contributed by atoms with van der Waals surface area (Å²) in [4.78, 5) is 12.9. The topological polar surface area (TPSA) is 58.5 Å². The van der Waals surface area contributed by atoms with E-state index in [9.17, 15) is 5.11 Å². The minimum atomic E-state index is -0.126. The Morgan fingerprint density at radius 2 is 2.17 bits per heavy atom. The van der Waals surface area contributed by atoms with Crippen LogP contribution >= 0.6 is 23.1 Å². The second-order valence-electron chi connectivity index (χ2n) is 6.31. The molecule has 0 saturated carbocycles. The van der Waals surface area contributed by atoms with Crippen LogP contribution in [0.15, 0.2) is 5.16 Å². The maximum absolute atomic E-state index is 9.27. The molecule has 2 aromatic rings. The molecule has 0 radical (unpaired) electrons. The summed E-state index contributed by atoms with van der Waals surface area (Å²) in [6.45, 7) is 7.64. The predicted octanol–water partition coefficient (Wildman–Crippen LogP) is 3.08. The van der Waals surface area contributed by atoms with Crippen LogP contribution in [0, 0.1) is 0 Å². The smallest absolute Gasteiger partial charge is 0.190 e. The first-order valence-corrected chi connectivity index (χ1v) is 9.66. The summed E-state index contributed by atoms with van der Waals surface area (Å²) in [6.07, 6.45) is 0.906. The summed E-state index contributed by atoms with van der Waals surface area (Å²) in [5.41, 5.74) is 2.11. The maximum Gasteiger partial charge on any atom is 0.190 e. The average molecular weight is 354 g/mol. The number of aliphatic hydroxyl groups excluding tert-OH is 1. The summed E-state index contributed by atoms with van der Waals surface area (Å²) in [5, 5.41) is 10.1. The van der Waals surface area contributed by atoms with Crippen LogP contribution in [-0.4, -0.2) is 46.6 Å².